The van der Waals surface area contributed by atoms with E-state index >= 15 is 0 Å². The van der Waals surface area contributed by atoms with E-state index in [4.69, 9.17) is 5.14 Å². The number of sulfonamides is 1. The molecule has 0 atom stereocenters. The van der Waals surface area contributed by atoms with Crippen LogP contribution in [0.3, 0.4) is 0 Å². The summed E-state index contributed by atoms with van der Waals surface area (Å²) in [6, 6.07) is 1.58. The maximum Gasteiger partial charge on any atom is 0.267 e. The average molecular weight is 313 g/mol. The molecular weight excluding hydrogens is 290 g/mol. The SMILES string of the molecule is CCCCCNC(=O)c1cc(S(N)(=O)=O)cn1C1CCC1. The van der Waals surface area contributed by atoms with Crippen molar-refractivity contribution in [3.05, 3.63) is 18.0 Å². The van der Waals surface area contributed by atoms with E-state index < -0.39 is 10.0 Å². The Morgan fingerprint density at radius 3 is 2.67 bits per heavy atom. The smallest absolute Gasteiger partial charge is 0.267 e. The predicted octanol–water partition coefficient (Wildman–Crippen LogP) is 1.78. The zero-order valence-electron chi connectivity index (χ0n) is 12.3. The Labute approximate surface area is 125 Å². The molecule has 1 heterocycles. The molecule has 0 saturated heterocycles. The summed E-state index contributed by atoms with van der Waals surface area (Å²) in [6.45, 7) is 2.70. The molecular formula is C14H23N3O3S. The minimum absolute atomic E-state index is 0.00751. The lowest BCUT2D eigenvalue weighted by molar-refractivity contribution is 0.0938. The van der Waals surface area contributed by atoms with Gasteiger partial charge in [0, 0.05) is 18.8 Å². The molecule has 0 aliphatic heterocycles. The third kappa shape index (κ3) is 3.85. The number of hydrogen-bond donors (Lipinski definition) is 2. The second-order valence-electron chi connectivity index (χ2n) is 5.56. The van der Waals surface area contributed by atoms with Gasteiger partial charge in [-0.3, -0.25) is 4.79 Å². The molecule has 1 fully saturated rings. The first-order valence-electron chi connectivity index (χ1n) is 7.46. The predicted molar refractivity (Wildman–Crippen MR) is 80.6 cm³/mol. The molecule has 1 saturated carbocycles. The number of aromatic nitrogens is 1. The molecule has 0 unspecified atom stereocenters. The number of amides is 1. The highest BCUT2D eigenvalue weighted by Gasteiger charge is 2.26. The van der Waals surface area contributed by atoms with Gasteiger partial charge in [-0.2, -0.15) is 0 Å². The van der Waals surface area contributed by atoms with Gasteiger partial charge in [-0.05, 0) is 31.7 Å². The van der Waals surface area contributed by atoms with E-state index in [1.807, 2.05) is 0 Å². The molecule has 0 aromatic carbocycles. The third-order valence-corrected chi connectivity index (χ3v) is 4.80. The lowest BCUT2D eigenvalue weighted by atomic mass is 9.93. The van der Waals surface area contributed by atoms with Crippen molar-refractivity contribution in [3.63, 3.8) is 0 Å². The van der Waals surface area contributed by atoms with Crippen LogP contribution < -0.4 is 10.5 Å². The van der Waals surface area contributed by atoms with Gasteiger partial charge in [0.25, 0.3) is 5.91 Å². The zero-order chi connectivity index (χ0) is 15.5. The van der Waals surface area contributed by atoms with Crippen molar-refractivity contribution in [2.75, 3.05) is 6.54 Å². The van der Waals surface area contributed by atoms with Crippen LogP contribution in [0.1, 0.15) is 62.0 Å². The molecule has 1 aromatic heterocycles. The third-order valence-electron chi connectivity index (χ3n) is 3.92. The van der Waals surface area contributed by atoms with Crippen LogP contribution in [0, 0.1) is 0 Å². The number of carbonyl (C=O) groups excluding carboxylic acids is 1. The van der Waals surface area contributed by atoms with Gasteiger partial charge in [0.05, 0.1) is 0 Å². The van der Waals surface area contributed by atoms with E-state index in [2.05, 4.69) is 12.2 Å². The van der Waals surface area contributed by atoms with E-state index in [9.17, 15) is 13.2 Å². The number of hydrogen-bond acceptors (Lipinski definition) is 3. The van der Waals surface area contributed by atoms with Gasteiger partial charge in [-0.1, -0.05) is 19.8 Å². The molecule has 1 aliphatic rings. The topological polar surface area (TPSA) is 94.2 Å². The van der Waals surface area contributed by atoms with Crippen molar-refractivity contribution in [2.45, 2.75) is 56.4 Å². The summed E-state index contributed by atoms with van der Waals surface area (Å²) in [4.78, 5) is 12.3. The van der Waals surface area contributed by atoms with Crippen LogP contribution in [0.25, 0.3) is 0 Å². The molecule has 118 valence electrons. The summed E-state index contributed by atoms with van der Waals surface area (Å²) >= 11 is 0. The van der Waals surface area contributed by atoms with Crippen molar-refractivity contribution < 1.29 is 13.2 Å². The van der Waals surface area contributed by atoms with Crippen LogP contribution in [0.2, 0.25) is 0 Å². The Morgan fingerprint density at radius 1 is 1.43 bits per heavy atom. The second-order valence-corrected chi connectivity index (χ2v) is 7.12. The molecule has 3 N–H and O–H groups in total. The summed E-state index contributed by atoms with van der Waals surface area (Å²) < 4.78 is 24.7. The lowest BCUT2D eigenvalue weighted by Crippen LogP contribution is -2.29. The van der Waals surface area contributed by atoms with E-state index in [0.29, 0.717) is 12.2 Å². The first-order chi connectivity index (χ1) is 9.93. The zero-order valence-corrected chi connectivity index (χ0v) is 13.2. The number of carbonyl (C=O) groups is 1. The Kier molecular flexibility index (Phi) is 5.05. The van der Waals surface area contributed by atoms with Crippen LogP contribution in [0.5, 0.6) is 0 Å². The van der Waals surface area contributed by atoms with Crippen molar-refractivity contribution >= 4 is 15.9 Å². The maximum absolute atomic E-state index is 12.2. The van der Waals surface area contributed by atoms with Crippen LogP contribution in [0.4, 0.5) is 0 Å². The van der Waals surface area contributed by atoms with Gasteiger partial charge in [0.2, 0.25) is 10.0 Å². The van der Waals surface area contributed by atoms with Gasteiger partial charge in [0.15, 0.2) is 0 Å². The molecule has 21 heavy (non-hydrogen) atoms. The molecule has 2 rings (SSSR count). The van der Waals surface area contributed by atoms with Crippen molar-refractivity contribution in [1.29, 1.82) is 0 Å². The quantitative estimate of drug-likeness (QED) is 0.751. The summed E-state index contributed by atoms with van der Waals surface area (Å²) in [6.07, 6.45) is 7.60. The Balaban J connectivity index is 2.16. The molecule has 0 spiro atoms. The van der Waals surface area contributed by atoms with E-state index in [1.54, 1.807) is 4.57 Å². The Morgan fingerprint density at radius 2 is 2.14 bits per heavy atom. The van der Waals surface area contributed by atoms with E-state index in [-0.39, 0.29) is 16.8 Å². The van der Waals surface area contributed by atoms with Gasteiger partial charge >= 0.3 is 0 Å². The molecule has 1 amide bonds. The monoisotopic (exact) mass is 313 g/mol. The molecule has 7 heteroatoms. The van der Waals surface area contributed by atoms with E-state index in [1.165, 1.54) is 12.3 Å². The number of nitrogens with one attached hydrogen (secondary N) is 1. The normalized spacial score (nSPS) is 15.7. The van der Waals surface area contributed by atoms with Gasteiger partial charge in [-0.25, -0.2) is 13.6 Å². The fourth-order valence-electron chi connectivity index (χ4n) is 2.43. The lowest BCUT2D eigenvalue weighted by Gasteiger charge is -2.28. The van der Waals surface area contributed by atoms with Crippen molar-refractivity contribution in [1.82, 2.24) is 9.88 Å². The standard InChI is InChI=1S/C14H23N3O3S/c1-2-3-4-8-16-14(18)13-9-12(21(15,19)20)10-17(13)11-6-5-7-11/h9-11H,2-8H2,1H3,(H,16,18)(H2,15,19,20). The van der Waals surface area contributed by atoms with Gasteiger partial charge < -0.3 is 9.88 Å². The minimum Gasteiger partial charge on any atom is -0.351 e. The fourth-order valence-corrected chi connectivity index (χ4v) is 2.96. The number of unbranched alkanes of at least 4 members (excludes halogenated alkanes) is 2. The molecule has 1 aliphatic carbocycles. The first kappa shape index (κ1) is 16.0. The number of nitrogens with two attached hydrogens (primary N) is 1. The number of rotatable bonds is 7. The van der Waals surface area contributed by atoms with Gasteiger partial charge in [0.1, 0.15) is 10.6 Å². The molecule has 1 aromatic rings. The fraction of sp³-hybridized carbons (Fsp3) is 0.643. The number of nitrogens with zero attached hydrogens (tertiary/aromatic N) is 1. The molecule has 0 radical (unpaired) electrons. The van der Waals surface area contributed by atoms with Crippen LogP contribution in [-0.4, -0.2) is 25.4 Å². The van der Waals surface area contributed by atoms with Crippen molar-refractivity contribution in [3.8, 4) is 0 Å². The maximum atomic E-state index is 12.2. The number of primary sulfonamides is 1. The van der Waals surface area contributed by atoms with Gasteiger partial charge in [-0.15, -0.1) is 0 Å². The highest BCUT2D eigenvalue weighted by molar-refractivity contribution is 7.89. The minimum atomic E-state index is -3.79. The van der Waals surface area contributed by atoms with Crippen LogP contribution in [-0.2, 0) is 10.0 Å². The molecule has 6 nitrogen and oxygen atoms in total. The highest BCUT2D eigenvalue weighted by Crippen LogP contribution is 2.34. The Hall–Kier alpha value is -1.34. The average Bonchev–Trinajstić information content (AvgIpc) is 2.77. The summed E-state index contributed by atoms with van der Waals surface area (Å²) in [5.41, 5.74) is 0.389. The summed E-state index contributed by atoms with van der Waals surface area (Å²) in [7, 11) is -3.79. The first-order valence-corrected chi connectivity index (χ1v) is 9.01. The van der Waals surface area contributed by atoms with Crippen molar-refractivity contribution in [2.24, 2.45) is 5.14 Å². The largest absolute Gasteiger partial charge is 0.351 e. The summed E-state index contributed by atoms with van der Waals surface area (Å²) in [5.74, 6) is -0.229. The van der Waals surface area contributed by atoms with Crippen LogP contribution in [0.15, 0.2) is 17.2 Å². The highest BCUT2D eigenvalue weighted by atomic mass is 32.2. The second kappa shape index (κ2) is 6.62. The molecule has 0 bridgehead atoms. The van der Waals surface area contributed by atoms with E-state index in [0.717, 1.165) is 38.5 Å². The van der Waals surface area contributed by atoms with Crippen LogP contribution >= 0.6 is 0 Å². The summed E-state index contributed by atoms with van der Waals surface area (Å²) in [5, 5.41) is 8.01. The Bertz CT molecular complexity index is 603.